The number of ether oxygens (including phenoxy) is 2. The van der Waals surface area contributed by atoms with E-state index in [0.29, 0.717) is 30.0 Å². The van der Waals surface area contributed by atoms with Crippen LogP contribution < -0.4 is 9.75 Å². The number of aromatic nitrogens is 4. The van der Waals surface area contributed by atoms with E-state index in [1.807, 2.05) is 49.8 Å². The molecular formula is C22H27N7O3. The highest BCUT2D eigenvalue weighted by Gasteiger charge is 2.28. The SMILES string of the molecule is COc1cc(-c2cnn(N3CCCN(C(=O)OC(C)(C)C)C3)c2C)cn2ncc(C#N)c12. The van der Waals surface area contributed by atoms with Crippen molar-refractivity contribution >= 4 is 11.6 Å². The average molecular weight is 438 g/mol. The number of carbonyl (C=O) groups excluding carboxylic acids is 1. The van der Waals surface area contributed by atoms with Gasteiger partial charge < -0.3 is 9.47 Å². The summed E-state index contributed by atoms with van der Waals surface area (Å²) in [7, 11) is 1.57. The largest absolute Gasteiger partial charge is 0.494 e. The zero-order chi connectivity index (χ0) is 23.0. The Hall–Kier alpha value is -3.74. The maximum atomic E-state index is 12.5. The van der Waals surface area contributed by atoms with Gasteiger partial charge >= 0.3 is 6.09 Å². The molecule has 1 fully saturated rings. The molecule has 168 valence electrons. The Balaban J connectivity index is 1.63. The number of carbonyl (C=O) groups is 1. The Kier molecular flexibility index (Phi) is 5.42. The molecule has 10 heteroatoms. The fraction of sp³-hybridized carbons (Fsp3) is 0.455. The van der Waals surface area contributed by atoms with Gasteiger partial charge in [-0.2, -0.15) is 20.3 Å². The summed E-state index contributed by atoms with van der Waals surface area (Å²) >= 11 is 0. The summed E-state index contributed by atoms with van der Waals surface area (Å²) in [5.41, 5.74) is 3.25. The van der Waals surface area contributed by atoms with Crippen molar-refractivity contribution < 1.29 is 14.3 Å². The Morgan fingerprint density at radius 3 is 2.69 bits per heavy atom. The van der Waals surface area contributed by atoms with Gasteiger partial charge in [-0.1, -0.05) is 0 Å². The maximum absolute atomic E-state index is 12.5. The summed E-state index contributed by atoms with van der Waals surface area (Å²) in [6.07, 6.45) is 5.66. The van der Waals surface area contributed by atoms with E-state index in [4.69, 9.17) is 9.47 Å². The molecule has 0 N–H and O–H groups in total. The number of fused-ring (bicyclic) bond motifs is 1. The summed E-state index contributed by atoms with van der Waals surface area (Å²) in [4.78, 5) is 16.0. The molecule has 1 aliphatic rings. The summed E-state index contributed by atoms with van der Waals surface area (Å²) in [6.45, 7) is 9.38. The predicted molar refractivity (Wildman–Crippen MR) is 118 cm³/mol. The van der Waals surface area contributed by atoms with Crippen LogP contribution in [0.3, 0.4) is 0 Å². The molecule has 0 bridgehead atoms. The quantitative estimate of drug-likeness (QED) is 0.621. The molecule has 0 unspecified atom stereocenters. The molecule has 0 radical (unpaired) electrons. The zero-order valence-corrected chi connectivity index (χ0v) is 19.0. The van der Waals surface area contributed by atoms with Crippen LogP contribution in [0.2, 0.25) is 0 Å². The smallest absolute Gasteiger partial charge is 0.411 e. The van der Waals surface area contributed by atoms with Gasteiger partial charge in [-0.15, -0.1) is 0 Å². The van der Waals surface area contributed by atoms with E-state index in [0.717, 1.165) is 29.8 Å². The van der Waals surface area contributed by atoms with Crippen LogP contribution in [0.15, 0.2) is 24.7 Å². The number of nitriles is 1. The predicted octanol–water partition coefficient (Wildman–Crippen LogP) is 2.92. The normalized spacial score (nSPS) is 14.5. The lowest BCUT2D eigenvalue weighted by molar-refractivity contribution is 0.0204. The van der Waals surface area contributed by atoms with Crippen molar-refractivity contribution in [1.29, 1.82) is 5.26 Å². The lowest BCUT2D eigenvalue weighted by atomic mass is 10.1. The number of hydrogen-bond donors (Lipinski definition) is 0. The molecule has 32 heavy (non-hydrogen) atoms. The van der Waals surface area contributed by atoms with E-state index >= 15 is 0 Å². The van der Waals surface area contributed by atoms with Crippen molar-refractivity contribution in [3.63, 3.8) is 0 Å². The molecule has 0 atom stereocenters. The lowest BCUT2D eigenvalue weighted by Gasteiger charge is -2.37. The number of rotatable bonds is 3. The van der Waals surface area contributed by atoms with E-state index in [2.05, 4.69) is 16.3 Å². The van der Waals surface area contributed by atoms with E-state index in [9.17, 15) is 10.1 Å². The second kappa shape index (κ2) is 8.07. The van der Waals surface area contributed by atoms with Crippen LogP contribution in [0, 0.1) is 18.3 Å². The van der Waals surface area contributed by atoms with Crippen LogP contribution in [0.1, 0.15) is 38.4 Å². The molecule has 0 saturated carbocycles. The van der Waals surface area contributed by atoms with Crippen LogP contribution in [0.5, 0.6) is 5.75 Å². The molecule has 3 aromatic rings. The lowest BCUT2D eigenvalue weighted by Crippen LogP contribution is -2.53. The average Bonchev–Trinajstić information content (AvgIpc) is 3.35. The van der Waals surface area contributed by atoms with Gasteiger partial charge in [0.25, 0.3) is 0 Å². The summed E-state index contributed by atoms with van der Waals surface area (Å²) in [5, 5.41) is 20.2. The molecule has 1 saturated heterocycles. The van der Waals surface area contributed by atoms with Crippen molar-refractivity contribution in [2.45, 2.75) is 39.7 Å². The van der Waals surface area contributed by atoms with Gasteiger partial charge in [0.1, 0.15) is 35.2 Å². The number of nitrogens with zero attached hydrogens (tertiary/aromatic N) is 7. The fourth-order valence-electron chi connectivity index (χ4n) is 3.85. The summed E-state index contributed by atoms with van der Waals surface area (Å²) in [6, 6.07) is 4.03. The first-order valence-electron chi connectivity index (χ1n) is 10.5. The van der Waals surface area contributed by atoms with E-state index < -0.39 is 5.60 Å². The molecular weight excluding hydrogens is 410 g/mol. The standard InChI is InChI=1S/C22H27N7O3/c1-15-18(16-9-19(31-5)20-17(10-23)11-24-28(20)13-16)12-25-29(15)27-8-6-7-26(14-27)21(30)32-22(2,3)4/h9,11-13H,6-8,14H2,1-5H3. The van der Waals surface area contributed by atoms with Gasteiger partial charge in [-0.25, -0.2) is 9.31 Å². The van der Waals surface area contributed by atoms with Crippen LogP contribution in [-0.4, -0.2) is 63.0 Å². The Labute approximate surface area is 186 Å². The van der Waals surface area contributed by atoms with Crippen molar-refractivity contribution in [2.75, 3.05) is 31.9 Å². The van der Waals surface area contributed by atoms with Gasteiger partial charge in [0, 0.05) is 30.4 Å². The topological polar surface area (TPSA) is 101 Å². The van der Waals surface area contributed by atoms with E-state index in [1.54, 1.807) is 22.7 Å². The van der Waals surface area contributed by atoms with Crippen LogP contribution >= 0.6 is 0 Å². The molecule has 4 heterocycles. The molecule has 10 nitrogen and oxygen atoms in total. The second-order valence-corrected chi connectivity index (χ2v) is 8.76. The number of methoxy groups -OCH3 is 1. The Morgan fingerprint density at radius 1 is 1.22 bits per heavy atom. The van der Waals surface area contributed by atoms with Crippen LogP contribution in [-0.2, 0) is 4.74 Å². The minimum Gasteiger partial charge on any atom is -0.494 e. The minimum atomic E-state index is -0.538. The summed E-state index contributed by atoms with van der Waals surface area (Å²) < 4.78 is 12.7. The summed E-state index contributed by atoms with van der Waals surface area (Å²) in [5.74, 6) is 0.567. The van der Waals surface area contributed by atoms with E-state index in [-0.39, 0.29) is 6.09 Å². The third-order valence-electron chi connectivity index (χ3n) is 5.31. The molecule has 0 aliphatic carbocycles. The van der Waals surface area contributed by atoms with Gasteiger partial charge in [0.05, 0.1) is 25.2 Å². The third-order valence-corrected chi connectivity index (χ3v) is 5.31. The first kappa shape index (κ1) is 21.5. The van der Waals surface area contributed by atoms with Gasteiger partial charge in [-0.05, 0) is 40.2 Å². The van der Waals surface area contributed by atoms with Crippen LogP contribution in [0.4, 0.5) is 4.79 Å². The van der Waals surface area contributed by atoms with Crippen molar-refractivity contribution in [1.82, 2.24) is 24.4 Å². The monoisotopic (exact) mass is 437 g/mol. The van der Waals surface area contributed by atoms with Crippen molar-refractivity contribution in [3.05, 3.63) is 35.9 Å². The number of amides is 1. The van der Waals surface area contributed by atoms with E-state index in [1.165, 1.54) is 6.20 Å². The molecule has 1 aliphatic heterocycles. The maximum Gasteiger partial charge on any atom is 0.411 e. The zero-order valence-electron chi connectivity index (χ0n) is 19.0. The van der Waals surface area contributed by atoms with Crippen molar-refractivity contribution in [3.8, 4) is 22.9 Å². The Bertz CT molecular complexity index is 1200. The molecule has 4 rings (SSSR count). The molecule has 0 aromatic carbocycles. The number of hydrogen-bond acceptors (Lipinski definition) is 7. The highest BCUT2D eigenvalue weighted by Crippen LogP contribution is 2.31. The van der Waals surface area contributed by atoms with Gasteiger partial charge in [-0.3, -0.25) is 9.91 Å². The highest BCUT2D eigenvalue weighted by atomic mass is 16.6. The van der Waals surface area contributed by atoms with Crippen LogP contribution in [0.25, 0.3) is 16.6 Å². The Morgan fingerprint density at radius 2 is 2.00 bits per heavy atom. The first-order chi connectivity index (χ1) is 15.2. The molecule has 1 amide bonds. The number of pyridine rings is 1. The molecule has 3 aromatic heterocycles. The van der Waals surface area contributed by atoms with Gasteiger partial charge in [0.2, 0.25) is 0 Å². The third kappa shape index (κ3) is 3.93. The second-order valence-electron chi connectivity index (χ2n) is 8.76. The highest BCUT2D eigenvalue weighted by molar-refractivity contribution is 5.76. The molecule has 0 spiro atoms. The van der Waals surface area contributed by atoms with Gasteiger partial charge in [0.15, 0.2) is 0 Å². The first-order valence-corrected chi connectivity index (χ1v) is 10.5. The van der Waals surface area contributed by atoms with Crippen molar-refractivity contribution in [2.24, 2.45) is 0 Å². The minimum absolute atomic E-state index is 0.325. The fourth-order valence-corrected chi connectivity index (χ4v) is 3.85.